The summed E-state index contributed by atoms with van der Waals surface area (Å²) in [5.74, 6) is 0.418. The van der Waals surface area contributed by atoms with Gasteiger partial charge in [0.2, 0.25) is 11.7 Å². The lowest BCUT2D eigenvalue weighted by Gasteiger charge is -2.00. The van der Waals surface area contributed by atoms with Crippen molar-refractivity contribution in [2.45, 2.75) is 13.5 Å². The van der Waals surface area contributed by atoms with Gasteiger partial charge in [-0.25, -0.2) is 9.37 Å². The van der Waals surface area contributed by atoms with E-state index in [1.54, 1.807) is 26.2 Å². The Bertz CT molecular complexity index is 1170. The van der Waals surface area contributed by atoms with Crippen LogP contribution in [0.3, 0.4) is 0 Å². The van der Waals surface area contributed by atoms with Crippen LogP contribution in [0.15, 0.2) is 36.4 Å². The van der Waals surface area contributed by atoms with E-state index in [1.807, 2.05) is 18.2 Å². The molecular weight excluding hydrogens is 383 g/mol. The van der Waals surface area contributed by atoms with Crippen molar-refractivity contribution in [3.63, 3.8) is 0 Å². The minimum atomic E-state index is -0.328. The maximum atomic E-state index is 13.4. The number of hydrogen-bond acceptors (Lipinski definition) is 7. The Morgan fingerprint density at radius 3 is 2.93 bits per heavy atom. The molecule has 0 saturated heterocycles. The zero-order valence-corrected chi connectivity index (χ0v) is 15.8. The molecule has 0 radical (unpaired) electrons. The van der Waals surface area contributed by atoms with E-state index < -0.39 is 0 Å². The zero-order chi connectivity index (χ0) is 19.7. The number of aromatic nitrogens is 5. The van der Waals surface area contributed by atoms with Gasteiger partial charge in [0.05, 0.1) is 17.3 Å². The normalized spacial score (nSPS) is 11.0. The Morgan fingerprint density at radius 1 is 1.29 bits per heavy atom. The molecule has 0 aliphatic heterocycles. The Kier molecular flexibility index (Phi) is 4.70. The van der Waals surface area contributed by atoms with E-state index in [0.717, 1.165) is 16.0 Å². The van der Waals surface area contributed by atoms with Gasteiger partial charge in [-0.3, -0.25) is 4.79 Å². The zero-order valence-electron chi connectivity index (χ0n) is 15.0. The molecule has 0 unspecified atom stereocenters. The van der Waals surface area contributed by atoms with Crippen LogP contribution in [0.4, 0.5) is 9.52 Å². The van der Waals surface area contributed by atoms with Gasteiger partial charge in [-0.1, -0.05) is 11.3 Å². The van der Waals surface area contributed by atoms with Crippen LogP contribution < -0.4 is 10.1 Å². The second-order valence-electron chi connectivity index (χ2n) is 6.01. The van der Waals surface area contributed by atoms with Crippen molar-refractivity contribution in [1.29, 1.82) is 0 Å². The predicted octanol–water partition coefficient (Wildman–Crippen LogP) is 3.04. The highest BCUT2D eigenvalue weighted by atomic mass is 32.1. The number of fused-ring (bicyclic) bond motifs is 1. The summed E-state index contributed by atoms with van der Waals surface area (Å²) in [4.78, 5) is 17.8. The lowest BCUT2D eigenvalue weighted by molar-refractivity contribution is -0.117. The number of hydrogen-bond donors (Lipinski definition) is 1. The average Bonchev–Trinajstić information content (AvgIpc) is 3.29. The number of nitrogens with zero attached hydrogens (tertiary/aromatic N) is 5. The van der Waals surface area contributed by atoms with E-state index in [1.165, 1.54) is 22.2 Å². The molecule has 0 spiro atoms. The highest BCUT2D eigenvalue weighted by Gasteiger charge is 2.13. The molecule has 0 fully saturated rings. The Balaban J connectivity index is 1.45. The number of aryl methyl sites for hydroxylation is 1. The molecule has 4 rings (SSSR count). The lowest BCUT2D eigenvalue weighted by Crippen LogP contribution is -2.20. The van der Waals surface area contributed by atoms with Crippen molar-refractivity contribution < 1.29 is 13.9 Å². The monoisotopic (exact) mass is 398 g/mol. The van der Waals surface area contributed by atoms with Crippen molar-refractivity contribution in [2.75, 3.05) is 12.4 Å². The minimum Gasteiger partial charge on any atom is -0.497 e. The van der Waals surface area contributed by atoms with E-state index >= 15 is 0 Å². The number of thiazole rings is 1. The number of carbonyl (C=O) groups is 1. The van der Waals surface area contributed by atoms with Crippen molar-refractivity contribution in [2.24, 2.45) is 0 Å². The van der Waals surface area contributed by atoms with Crippen molar-refractivity contribution in [3.05, 3.63) is 47.8 Å². The molecule has 10 heteroatoms. The van der Waals surface area contributed by atoms with E-state index in [0.29, 0.717) is 22.1 Å². The van der Waals surface area contributed by atoms with Gasteiger partial charge in [0, 0.05) is 5.56 Å². The molecule has 4 aromatic rings. The van der Waals surface area contributed by atoms with Crippen molar-refractivity contribution in [3.8, 4) is 17.1 Å². The van der Waals surface area contributed by atoms with Gasteiger partial charge in [-0.15, -0.1) is 10.2 Å². The van der Waals surface area contributed by atoms with E-state index in [2.05, 4.69) is 25.7 Å². The first-order chi connectivity index (χ1) is 13.5. The van der Waals surface area contributed by atoms with Crippen LogP contribution in [0.1, 0.15) is 5.56 Å². The fraction of sp³-hybridized carbons (Fsp3) is 0.167. The van der Waals surface area contributed by atoms with Gasteiger partial charge < -0.3 is 10.1 Å². The molecule has 0 bridgehead atoms. The molecule has 8 nitrogen and oxygen atoms in total. The Hall–Kier alpha value is -3.40. The molecule has 0 saturated carbocycles. The minimum absolute atomic E-state index is 0.119. The number of tetrazole rings is 1. The van der Waals surface area contributed by atoms with Gasteiger partial charge in [0.25, 0.3) is 0 Å². The van der Waals surface area contributed by atoms with E-state index in [4.69, 9.17) is 4.74 Å². The molecule has 0 aliphatic carbocycles. The maximum absolute atomic E-state index is 13.4. The summed E-state index contributed by atoms with van der Waals surface area (Å²) in [7, 11) is 1.59. The second-order valence-corrected chi connectivity index (χ2v) is 7.04. The van der Waals surface area contributed by atoms with Crippen LogP contribution in [0.5, 0.6) is 5.75 Å². The molecule has 142 valence electrons. The topological polar surface area (TPSA) is 94.8 Å². The van der Waals surface area contributed by atoms with Crippen LogP contribution in [0, 0.1) is 12.7 Å². The third-order valence-corrected chi connectivity index (χ3v) is 4.93. The highest BCUT2D eigenvalue weighted by Crippen LogP contribution is 2.29. The molecular formula is C18H15FN6O2S. The van der Waals surface area contributed by atoms with Crippen LogP contribution >= 0.6 is 11.3 Å². The van der Waals surface area contributed by atoms with Crippen molar-refractivity contribution in [1.82, 2.24) is 25.2 Å². The molecule has 2 aromatic carbocycles. The van der Waals surface area contributed by atoms with Gasteiger partial charge in [0.15, 0.2) is 5.13 Å². The first-order valence-electron chi connectivity index (χ1n) is 8.30. The molecule has 2 aromatic heterocycles. The summed E-state index contributed by atoms with van der Waals surface area (Å²) < 4.78 is 19.5. The maximum Gasteiger partial charge on any atom is 0.249 e. The summed E-state index contributed by atoms with van der Waals surface area (Å²) in [6.45, 7) is 1.54. The van der Waals surface area contributed by atoms with Crippen LogP contribution in [0.25, 0.3) is 21.6 Å². The van der Waals surface area contributed by atoms with Gasteiger partial charge in [0.1, 0.15) is 18.1 Å². The van der Waals surface area contributed by atoms with E-state index in [-0.39, 0.29) is 18.3 Å². The summed E-state index contributed by atoms with van der Waals surface area (Å²) >= 11 is 1.35. The fourth-order valence-corrected chi connectivity index (χ4v) is 3.49. The predicted molar refractivity (Wildman–Crippen MR) is 103 cm³/mol. The number of benzene rings is 2. The number of amides is 1. The standard InChI is InChI=1S/C18H15FN6O2S/c1-10-7-11(3-5-13(10)19)17-22-24-25(23-17)9-16(26)21-18-20-14-6-4-12(27-2)8-15(14)28-18/h3-8H,9H2,1-2H3,(H,20,21,26). The molecule has 2 heterocycles. The van der Waals surface area contributed by atoms with Crippen LogP contribution in [0.2, 0.25) is 0 Å². The number of methoxy groups -OCH3 is 1. The molecule has 1 amide bonds. The summed E-state index contributed by atoms with van der Waals surface area (Å²) in [6.07, 6.45) is 0. The average molecular weight is 398 g/mol. The van der Waals surface area contributed by atoms with Crippen LogP contribution in [-0.4, -0.2) is 38.2 Å². The molecule has 0 atom stereocenters. The molecule has 28 heavy (non-hydrogen) atoms. The fourth-order valence-electron chi connectivity index (χ4n) is 2.58. The third kappa shape index (κ3) is 3.67. The van der Waals surface area contributed by atoms with Gasteiger partial charge in [-0.2, -0.15) is 4.80 Å². The summed E-state index contributed by atoms with van der Waals surface area (Å²) in [5.41, 5.74) is 1.89. The first kappa shape index (κ1) is 18.0. The Labute approximate surface area is 163 Å². The lowest BCUT2D eigenvalue weighted by atomic mass is 10.1. The highest BCUT2D eigenvalue weighted by molar-refractivity contribution is 7.22. The summed E-state index contributed by atoms with van der Waals surface area (Å²) in [6, 6.07) is 10.0. The quantitative estimate of drug-likeness (QED) is 0.555. The Morgan fingerprint density at radius 2 is 2.14 bits per heavy atom. The molecule has 1 N–H and O–H groups in total. The first-order valence-corrected chi connectivity index (χ1v) is 9.12. The third-order valence-electron chi connectivity index (χ3n) is 4.00. The largest absolute Gasteiger partial charge is 0.497 e. The number of nitrogens with one attached hydrogen (secondary N) is 1. The van der Waals surface area contributed by atoms with Crippen molar-refractivity contribution >= 4 is 32.6 Å². The number of halogens is 1. The number of carbonyl (C=O) groups excluding carboxylic acids is 1. The number of ether oxygens (including phenoxy) is 1. The van der Waals surface area contributed by atoms with Gasteiger partial charge >= 0.3 is 0 Å². The van der Waals surface area contributed by atoms with E-state index in [9.17, 15) is 9.18 Å². The second kappa shape index (κ2) is 7.31. The summed E-state index contributed by atoms with van der Waals surface area (Å²) in [5, 5.41) is 15.2. The number of rotatable bonds is 5. The number of anilines is 1. The van der Waals surface area contributed by atoms with Crippen LogP contribution in [-0.2, 0) is 11.3 Å². The SMILES string of the molecule is COc1ccc2nc(NC(=O)Cn3nnc(-c4ccc(F)c(C)c4)n3)sc2c1. The smallest absolute Gasteiger partial charge is 0.249 e. The van der Waals surface area contributed by atoms with Gasteiger partial charge in [-0.05, 0) is 54.1 Å². The molecule has 0 aliphatic rings.